The maximum Gasteiger partial charge on any atom is 0.138 e. The van der Waals surface area contributed by atoms with E-state index in [2.05, 4.69) is 0 Å². The molecule has 0 heterocycles. The molecule has 0 saturated carbocycles. The molecule has 0 radical (unpaired) electrons. The van der Waals surface area contributed by atoms with Crippen molar-refractivity contribution in [2.45, 2.75) is 52.2 Å². The summed E-state index contributed by atoms with van der Waals surface area (Å²) in [6, 6.07) is 5.79. The fourth-order valence-corrected chi connectivity index (χ4v) is 1.75. The van der Waals surface area contributed by atoms with Gasteiger partial charge in [0.2, 0.25) is 0 Å². The Kier molecular flexibility index (Phi) is 4.84. The lowest BCUT2D eigenvalue weighted by atomic mass is 9.99. The van der Waals surface area contributed by atoms with Crippen molar-refractivity contribution in [3.05, 3.63) is 28.8 Å². The van der Waals surface area contributed by atoms with E-state index >= 15 is 0 Å². The Morgan fingerprint density at radius 2 is 2.00 bits per heavy atom. The zero-order chi connectivity index (χ0) is 13.1. The van der Waals surface area contributed by atoms with Crippen LogP contribution in [-0.2, 0) is 6.42 Å². The van der Waals surface area contributed by atoms with Crippen LogP contribution in [0.1, 0.15) is 39.7 Å². The molecule has 0 atom stereocenters. The minimum atomic E-state index is -0.639. The van der Waals surface area contributed by atoms with Gasteiger partial charge in [0.05, 0.1) is 16.7 Å². The van der Waals surface area contributed by atoms with E-state index in [-0.39, 0.29) is 6.10 Å². The van der Waals surface area contributed by atoms with Gasteiger partial charge in [-0.05, 0) is 58.2 Å². The van der Waals surface area contributed by atoms with Crippen LogP contribution in [-0.4, -0.2) is 16.8 Å². The zero-order valence-corrected chi connectivity index (χ0v) is 11.7. The molecule has 17 heavy (non-hydrogen) atoms. The van der Waals surface area contributed by atoms with E-state index in [1.807, 2.05) is 45.9 Å². The van der Waals surface area contributed by atoms with E-state index in [1.165, 1.54) is 0 Å². The molecule has 0 bridgehead atoms. The summed E-state index contributed by atoms with van der Waals surface area (Å²) < 4.78 is 5.56. The topological polar surface area (TPSA) is 29.5 Å². The van der Waals surface area contributed by atoms with Gasteiger partial charge in [-0.25, -0.2) is 0 Å². The predicted molar refractivity (Wildman–Crippen MR) is 71.8 cm³/mol. The molecule has 0 spiro atoms. The summed E-state index contributed by atoms with van der Waals surface area (Å²) in [6.07, 6.45) is 1.65. The molecular formula is C14H21ClO2. The molecule has 0 unspecified atom stereocenters. The van der Waals surface area contributed by atoms with Crippen molar-refractivity contribution >= 4 is 11.6 Å². The number of halogens is 1. The van der Waals surface area contributed by atoms with Crippen molar-refractivity contribution in [2.75, 3.05) is 0 Å². The van der Waals surface area contributed by atoms with Crippen molar-refractivity contribution in [1.82, 2.24) is 0 Å². The summed E-state index contributed by atoms with van der Waals surface area (Å²) in [5.74, 6) is 0.716. The molecule has 0 aliphatic carbocycles. The second kappa shape index (κ2) is 5.74. The summed E-state index contributed by atoms with van der Waals surface area (Å²) in [4.78, 5) is 0. The van der Waals surface area contributed by atoms with Gasteiger partial charge in [0.1, 0.15) is 5.75 Å². The Morgan fingerprint density at radius 3 is 2.47 bits per heavy atom. The van der Waals surface area contributed by atoms with E-state index in [0.29, 0.717) is 17.2 Å². The van der Waals surface area contributed by atoms with Crippen molar-refractivity contribution in [3.8, 4) is 5.75 Å². The maximum atomic E-state index is 9.66. The SMILES string of the molecule is CC(C)Oc1ccc(CCC(C)(C)O)cc1Cl. The summed E-state index contributed by atoms with van der Waals surface area (Å²) >= 11 is 6.14. The van der Waals surface area contributed by atoms with Crippen LogP contribution >= 0.6 is 11.6 Å². The lowest BCUT2D eigenvalue weighted by Gasteiger charge is -2.17. The molecule has 96 valence electrons. The highest BCUT2D eigenvalue weighted by Crippen LogP contribution is 2.27. The molecule has 0 aromatic heterocycles. The lowest BCUT2D eigenvalue weighted by Crippen LogP contribution is -2.19. The maximum absolute atomic E-state index is 9.66. The normalized spacial score (nSPS) is 11.9. The highest BCUT2D eigenvalue weighted by Gasteiger charge is 2.13. The highest BCUT2D eigenvalue weighted by molar-refractivity contribution is 6.32. The molecule has 3 heteroatoms. The third-order valence-electron chi connectivity index (χ3n) is 2.38. The monoisotopic (exact) mass is 256 g/mol. The second-order valence-electron chi connectivity index (χ2n) is 5.24. The first-order valence-electron chi connectivity index (χ1n) is 5.95. The molecule has 1 aromatic carbocycles. The third kappa shape index (κ3) is 5.42. The molecular weight excluding hydrogens is 236 g/mol. The summed E-state index contributed by atoms with van der Waals surface area (Å²) in [5.41, 5.74) is 0.479. The fraction of sp³-hybridized carbons (Fsp3) is 0.571. The van der Waals surface area contributed by atoms with E-state index in [1.54, 1.807) is 0 Å². The van der Waals surface area contributed by atoms with Gasteiger partial charge >= 0.3 is 0 Å². The smallest absolute Gasteiger partial charge is 0.138 e. The Bertz CT molecular complexity index is 367. The fourth-order valence-electron chi connectivity index (χ4n) is 1.50. The van der Waals surface area contributed by atoms with Crippen molar-refractivity contribution in [1.29, 1.82) is 0 Å². The molecule has 1 rings (SSSR count). The van der Waals surface area contributed by atoms with Gasteiger partial charge < -0.3 is 9.84 Å². The lowest BCUT2D eigenvalue weighted by molar-refractivity contribution is 0.0714. The van der Waals surface area contributed by atoms with Crippen LogP contribution in [0.15, 0.2) is 18.2 Å². The molecule has 0 fully saturated rings. The number of hydrogen-bond donors (Lipinski definition) is 1. The van der Waals surface area contributed by atoms with Crippen LogP contribution in [0.25, 0.3) is 0 Å². The Morgan fingerprint density at radius 1 is 1.35 bits per heavy atom. The van der Waals surface area contributed by atoms with Crippen LogP contribution in [0.5, 0.6) is 5.75 Å². The molecule has 0 saturated heterocycles. The van der Waals surface area contributed by atoms with Gasteiger partial charge in [-0.2, -0.15) is 0 Å². The Balaban J connectivity index is 2.68. The van der Waals surface area contributed by atoms with Gasteiger partial charge in [-0.1, -0.05) is 17.7 Å². The van der Waals surface area contributed by atoms with Gasteiger partial charge in [-0.3, -0.25) is 0 Å². The first-order valence-corrected chi connectivity index (χ1v) is 6.33. The first kappa shape index (κ1) is 14.3. The van der Waals surface area contributed by atoms with Gasteiger partial charge in [0.25, 0.3) is 0 Å². The van der Waals surface area contributed by atoms with Gasteiger partial charge in [-0.15, -0.1) is 0 Å². The Hall–Kier alpha value is -0.730. The standard InChI is InChI=1S/C14H21ClO2/c1-10(2)17-13-6-5-11(9-12(13)15)7-8-14(3,4)16/h5-6,9-10,16H,7-8H2,1-4H3. The number of rotatable bonds is 5. The predicted octanol–water partition coefficient (Wildman–Crippen LogP) is 3.83. The third-order valence-corrected chi connectivity index (χ3v) is 2.68. The zero-order valence-electron chi connectivity index (χ0n) is 11.0. The van der Waals surface area contributed by atoms with Crippen LogP contribution in [0.4, 0.5) is 0 Å². The van der Waals surface area contributed by atoms with E-state index in [9.17, 15) is 5.11 Å². The molecule has 0 amide bonds. The number of aryl methyl sites for hydroxylation is 1. The van der Waals surface area contributed by atoms with E-state index < -0.39 is 5.60 Å². The molecule has 1 aromatic rings. The minimum absolute atomic E-state index is 0.120. The van der Waals surface area contributed by atoms with Crippen molar-refractivity contribution < 1.29 is 9.84 Å². The average Bonchev–Trinajstić information content (AvgIpc) is 2.17. The van der Waals surface area contributed by atoms with Crippen molar-refractivity contribution in [2.24, 2.45) is 0 Å². The molecule has 0 aliphatic heterocycles. The van der Waals surface area contributed by atoms with Crippen molar-refractivity contribution in [3.63, 3.8) is 0 Å². The van der Waals surface area contributed by atoms with Gasteiger partial charge in [0.15, 0.2) is 0 Å². The minimum Gasteiger partial charge on any atom is -0.489 e. The van der Waals surface area contributed by atoms with Crippen LogP contribution in [0.2, 0.25) is 5.02 Å². The summed E-state index contributed by atoms with van der Waals surface area (Å²) in [6.45, 7) is 7.56. The number of benzene rings is 1. The van der Waals surface area contributed by atoms with Gasteiger partial charge in [0, 0.05) is 0 Å². The van der Waals surface area contributed by atoms with Crippen LogP contribution in [0, 0.1) is 0 Å². The number of hydrogen-bond acceptors (Lipinski definition) is 2. The van der Waals surface area contributed by atoms with Crippen LogP contribution in [0.3, 0.4) is 0 Å². The number of aliphatic hydroxyl groups is 1. The molecule has 0 aliphatic rings. The van der Waals surface area contributed by atoms with Crippen LogP contribution < -0.4 is 4.74 Å². The Labute approximate surface area is 109 Å². The van der Waals surface area contributed by atoms with E-state index in [4.69, 9.17) is 16.3 Å². The molecule has 2 nitrogen and oxygen atoms in total. The van der Waals surface area contributed by atoms with E-state index in [0.717, 1.165) is 12.0 Å². The largest absolute Gasteiger partial charge is 0.489 e. The molecule has 1 N–H and O–H groups in total. The second-order valence-corrected chi connectivity index (χ2v) is 5.65. The average molecular weight is 257 g/mol. The summed E-state index contributed by atoms with van der Waals surface area (Å²) in [5, 5.41) is 10.3. The quantitative estimate of drug-likeness (QED) is 0.868. The highest BCUT2D eigenvalue weighted by atomic mass is 35.5. The number of ether oxygens (including phenoxy) is 1. The first-order chi connectivity index (χ1) is 7.78. The summed E-state index contributed by atoms with van der Waals surface area (Å²) in [7, 11) is 0.